The Bertz CT molecular complexity index is 1800. The maximum atomic E-state index is 13.9. The second kappa shape index (κ2) is 8.29. The van der Waals surface area contributed by atoms with Gasteiger partial charge in [0.1, 0.15) is 0 Å². The topological polar surface area (TPSA) is 93.8 Å². The van der Waals surface area contributed by atoms with Crippen molar-refractivity contribution in [2.45, 2.75) is 24.9 Å². The van der Waals surface area contributed by atoms with Gasteiger partial charge in [-0.25, -0.2) is 9.36 Å². The normalized spacial score (nSPS) is 14.6. The number of carbonyl (C=O) groups excluding carboxylic acids is 2. The van der Waals surface area contributed by atoms with E-state index in [1.165, 1.54) is 36.8 Å². The van der Waals surface area contributed by atoms with Crippen LogP contribution in [-0.4, -0.2) is 31.4 Å². The van der Waals surface area contributed by atoms with Crippen LogP contribution in [0.4, 0.5) is 24.5 Å². The van der Waals surface area contributed by atoms with Crippen molar-refractivity contribution < 1.29 is 22.8 Å². The fraction of sp³-hybridized carbons (Fsp3) is 0.143. The Morgan fingerprint density at radius 2 is 1.85 bits per heavy atom. The van der Waals surface area contributed by atoms with E-state index in [9.17, 15) is 22.8 Å². The van der Waals surface area contributed by atoms with Gasteiger partial charge in [0.05, 0.1) is 34.4 Å². The number of nitrogens with zero attached hydrogens (tertiary/aromatic N) is 4. The lowest BCUT2D eigenvalue weighted by Gasteiger charge is -2.15. The number of hydrogen-bond donors (Lipinski definition) is 2. The molecular weight excluding hydrogens is 509 g/mol. The highest BCUT2D eigenvalue weighted by Crippen LogP contribution is 2.44. The van der Waals surface area contributed by atoms with E-state index in [1.54, 1.807) is 16.8 Å². The van der Waals surface area contributed by atoms with Crippen LogP contribution in [0.5, 0.6) is 0 Å². The van der Waals surface area contributed by atoms with Crippen molar-refractivity contribution in [3.63, 3.8) is 0 Å². The molecule has 0 radical (unpaired) electrons. The number of carbonyl (C=O) groups is 2. The third-order valence-electron chi connectivity index (χ3n) is 7.06. The van der Waals surface area contributed by atoms with Crippen molar-refractivity contribution in [1.29, 1.82) is 0 Å². The SMILES string of the molecule is O=C(Nc1ccc(-n2cccn2)c(C(F)(F)F)c1)c1cnn(-c2ccc3c4c(cccc24)C(=O)N3)c1C1CC1. The van der Waals surface area contributed by atoms with Gasteiger partial charge in [0.15, 0.2) is 0 Å². The Labute approximate surface area is 219 Å². The van der Waals surface area contributed by atoms with Crippen molar-refractivity contribution in [2.75, 3.05) is 10.6 Å². The van der Waals surface area contributed by atoms with Crippen LogP contribution in [0.15, 0.2) is 73.2 Å². The van der Waals surface area contributed by atoms with Crippen LogP contribution in [0.25, 0.3) is 22.1 Å². The highest BCUT2D eigenvalue weighted by atomic mass is 19.4. The molecule has 194 valence electrons. The third-order valence-corrected chi connectivity index (χ3v) is 7.06. The average molecular weight is 528 g/mol. The van der Waals surface area contributed by atoms with E-state index >= 15 is 0 Å². The molecule has 7 rings (SSSR count). The Hall–Kier alpha value is -4.93. The fourth-order valence-corrected chi connectivity index (χ4v) is 5.18. The lowest BCUT2D eigenvalue weighted by atomic mass is 10.0. The highest BCUT2D eigenvalue weighted by molar-refractivity contribution is 6.25. The van der Waals surface area contributed by atoms with Gasteiger partial charge in [-0.2, -0.15) is 23.4 Å². The first kappa shape index (κ1) is 23.2. The summed E-state index contributed by atoms with van der Waals surface area (Å²) in [5, 5.41) is 15.5. The zero-order valence-electron chi connectivity index (χ0n) is 20.2. The van der Waals surface area contributed by atoms with Gasteiger partial charge in [0, 0.05) is 46.0 Å². The molecule has 0 spiro atoms. The van der Waals surface area contributed by atoms with E-state index in [0.717, 1.165) is 40.0 Å². The van der Waals surface area contributed by atoms with E-state index in [0.29, 0.717) is 22.5 Å². The second-order valence-corrected chi connectivity index (χ2v) is 9.58. The molecule has 39 heavy (non-hydrogen) atoms. The van der Waals surface area contributed by atoms with Crippen LogP contribution >= 0.6 is 0 Å². The lowest BCUT2D eigenvalue weighted by Crippen LogP contribution is -2.16. The molecule has 1 aliphatic heterocycles. The van der Waals surface area contributed by atoms with E-state index in [1.807, 2.05) is 18.2 Å². The van der Waals surface area contributed by atoms with Crippen molar-refractivity contribution in [2.24, 2.45) is 0 Å². The Kier molecular flexibility index (Phi) is 4.93. The molecule has 0 atom stereocenters. The molecule has 5 aromatic rings. The molecule has 2 N–H and O–H groups in total. The highest BCUT2D eigenvalue weighted by Gasteiger charge is 2.36. The molecule has 1 fully saturated rings. The number of hydrogen-bond acceptors (Lipinski definition) is 4. The van der Waals surface area contributed by atoms with Gasteiger partial charge in [-0.3, -0.25) is 9.59 Å². The van der Waals surface area contributed by atoms with Crippen molar-refractivity contribution in [3.05, 3.63) is 95.6 Å². The second-order valence-electron chi connectivity index (χ2n) is 9.58. The largest absolute Gasteiger partial charge is 0.418 e. The summed E-state index contributed by atoms with van der Waals surface area (Å²) >= 11 is 0. The summed E-state index contributed by atoms with van der Waals surface area (Å²) in [6, 6.07) is 14.2. The summed E-state index contributed by atoms with van der Waals surface area (Å²) in [4.78, 5) is 25.8. The molecule has 3 aromatic carbocycles. The first-order chi connectivity index (χ1) is 18.8. The Morgan fingerprint density at radius 3 is 2.59 bits per heavy atom. The molecule has 8 nitrogen and oxygen atoms in total. The minimum atomic E-state index is -4.65. The maximum Gasteiger partial charge on any atom is 0.418 e. The van der Waals surface area contributed by atoms with E-state index in [4.69, 9.17) is 0 Å². The molecule has 0 unspecified atom stereocenters. The number of rotatable bonds is 5. The smallest absolute Gasteiger partial charge is 0.322 e. The summed E-state index contributed by atoms with van der Waals surface area (Å²) in [5.74, 6) is -0.637. The van der Waals surface area contributed by atoms with Gasteiger partial charge in [-0.05, 0) is 55.3 Å². The predicted molar refractivity (Wildman–Crippen MR) is 138 cm³/mol. The monoisotopic (exact) mass is 528 g/mol. The number of amides is 2. The van der Waals surface area contributed by atoms with Crippen molar-refractivity contribution in [1.82, 2.24) is 19.6 Å². The maximum absolute atomic E-state index is 13.9. The van der Waals surface area contributed by atoms with Gasteiger partial charge in [-0.15, -0.1) is 0 Å². The number of nitrogens with one attached hydrogen (secondary N) is 2. The number of benzene rings is 3. The van der Waals surface area contributed by atoms with Gasteiger partial charge in [-0.1, -0.05) is 12.1 Å². The summed E-state index contributed by atoms with van der Waals surface area (Å²) in [7, 11) is 0. The van der Waals surface area contributed by atoms with Crippen LogP contribution in [0.3, 0.4) is 0 Å². The summed E-state index contributed by atoms with van der Waals surface area (Å²) in [6.45, 7) is 0. The minimum Gasteiger partial charge on any atom is -0.322 e. The minimum absolute atomic E-state index is 0.00708. The standard InChI is InChI=1S/C28H19F3N6O2/c29-28(30,31)20-13-16(7-9-23(20)36-12-2-11-32-36)34-27(39)19-14-33-37(25(19)15-5-6-15)22-10-8-21-24-17(22)3-1-4-18(24)26(38)35-21/h1-4,7-15H,5-6H2,(H,34,39)(H,35,38). The summed E-state index contributed by atoms with van der Waals surface area (Å²) in [5.41, 5.74) is 1.93. The van der Waals surface area contributed by atoms with Gasteiger partial charge < -0.3 is 10.6 Å². The summed E-state index contributed by atoms with van der Waals surface area (Å²) in [6.07, 6.45) is 1.33. The van der Waals surface area contributed by atoms with Crippen molar-refractivity contribution in [3.8, 4) is 11.4 Å². The van der Waals surface area contributed by atoms with Crippen LogP contribution < -0.4 is 10.6 Å². The number of alkyl halides is 3. The fourth-order valence-electron chi connectivity index (χ4n) is 5.18. The first-order valence-electron chi connectivity index (χ1n) is 12.3. The molecule has 1 aliphatic carbocycles. The van der Waals surface area contributed by atoms with Gasteiger partial charge in [0.25, 0.3) is 11.8 Å². The lowest BCUT2D eigenvalue weighted by molar-refractivity contribution is -0.137. The Morgan fingerprint density at radius 1 is 1.03 bits per heavy atom. The number of aromatic nitrogens is 4. The molecule has 2 amide bonds. The third kappa shape index (κ3) is 3.77. The zero-order valence-corrected chi connectivity index (χ0v) is 20.2. The molecule has 0 bridgehead atoms. The molecule has 2 aliphatic rings. The van der Waals surface area contributed by atoms with E-state index in [-0.39, 0.29) is 23.2 Å². The van der Waals surface area contributed by atoms with Crippen LogP contribution in [-0.2, 0) is 6.18 Å². The van der Waals surface area contributed by atoms with Crippen LogP contribution in [0.2, 0.25) is 0 Å². The quantitative estimate of drug-likeness (QED) is 0.296. The molecule has 3 heterocycles. The van der Waals surface area contributed by atoms with Gasteiger partial charge >= 0.3 is 6.18 Å². The van der Waals surface area contributed by atoms with Crippen molar-refractivity contribution >= 4 is 34.0 Å². The van der Waals surface area contributed by atoms with Gasteiger partial charge in [0.2, 0.25) is 0 Å². The molecule has 1 saturated carbocycles. The summed E-state index contributed by atoms with van der Waals surface area (Å²) < 4.78 is 44.4. The first-order valence-corrected chi connectivity index (χ1v) is 12.3. The molecule has 2 aromatic heterocycles. The molecule has 11 heteroatoms. The Balaban J connectivity index is 1.27. The van der Waals surface area contributed by atoms with E-state index in [2.05, 4.69) is 20.8 Å². The van der Waals surface area contributed by atoms with Crippen LogP contribution in [0, 0.1) is 0 Å². The van der Waals surface area contributed by atoms with E-state index < -0.39 is 17.6 Å². The molecule has 0 saturated heterocycles. The average Bonchev–Trinajstić information content (AvgIpc) is 3.29. The number of anilines is 2. The van der Waals surface area contributed by atoms with Crippen LogP contribution in [0.1, 0.15) is 50.7 Å². The zero-order chi connectivity index (χ0) is 26.9. The number of halogens is 3. The molecular formula is C28H19F3N6O2. The predicted octanol–water partition coefficient (Wildman–Crippen LogP) is 5.93.